The highest BCUT2D eigenvalue weighted by molar-refractivity contribution is 7.09. The lowest BCUT2D eigenvalue weighted by Crippen LogP contribution is -2.47. The molecule has 0 atom stereocenters. The van der Waals surface area contributed by atoms with Crippen LogP contribution in [0.1, 0.15) is 41.1 Å². The Morgan fingerprint density at radius 1 is 1.21 bits per heavy atom. The van der Waals surface area contributed by atoms with E-state index < -0.39 is 0 Å². The fraction of sp³-hybridized carbons (Fsp3) is 0.438. The molecule has 19 heavy (non-hydrogen) atoms. The predicted molar refractivity (Wildman–Crippen MR) is 80.4 cm³/mol. The maximum absolute atomic E-state index is 4.54. The highest BCUT2D eigenvalue weighted by Gasteiger charge is 2.37. The first-order valence-corrected chi connectivity index (χ1v) is 7.79. The van der Waals surface area contributed by atoms with Crippen LogP contribution < -0.4 is 5.32 Å². The minimum Gasteiger partial charge on any atom is -0.302 e. The first-order valence-electron chi connectivity index (χ1n) is 6.91. The summed E-state index contributed by atoms with van der Waals surface area (Å²) in [5, 5.41) is 7.05. The van der Waals surface area contributed by atoms with Crippen molar-refractivity contribution < 1.29 is 0 Å². The van der Waals surface area contributed by atoms with Gasteiger partial charge in [-0.05, 0) is 38.7 Å². The second-order valence-corrected chi connectivity index (χ2v) is 6.58. The first kappa shape index (κ1) is 12.8. The standard InChI is InChI=1S/C16H20N2S/c1-12-4-6-14(7-5-12)16(8-3-9-16)17-10-15-11-19-13(2)18-15/h4-7,11,17H,3,8-10H2,1-2H3. The molecule has 0 aliphatic heterocycles. The van der Waals surface area contributed by atoms with Crippen molar-refractivity contribution in [3.63, 3.8) is 0 Å². The zero-order valence-electron chi connectivity index (χ0n) is 11.6. The van der Waals surface area contributed by atoms with Crippen molar-refractivity contribution in [1.82, 2.24) is 10.3 Å². The van der Waals surface area contributed by atoms with Crippen LogP contribution in [0.15, 0.2) is 29.6 Å². The van der Waals surface area contributed by atoms with E-state index in [9.17, 15) is 0 Å². The van der Waals surface area contributed by atoms with Crippen LogP contribution in [0.5, 0.6) is 0 Å². The molecule has 100 valence electrons. The number of thiazole rings is 1. The van der Waals surface area contributed by atoms with Crippen LogP contribution in [-0.2, 0) is 12.1 Å². The molecular formula is C16H20N2S. The molecule has 1 aliphatic carbocycles. The van der Waals surface area contributed by atoms with Gasteiger partial charge in [-0.1, -0.05) is 29.8 Å². The van der Waals surface area contributed by atoms with E-state index in [0.29, 0.717) is 0 Å². The van der Waals surface area contributed by atoms with Gasteiger partial charge in [0.25, 0.3) is 0 Å². The lowest BCUT2D eigenvalue weighted by molar-refractivity contribution is 0.183. The topological polar surface area (TPSA) is 24.9 Å². The first-order chi connectivity index (χ1) is 9.18. The number of aryl methyl sites for hydroxylation is 2. The zero-order chi connectivity index (χ0) is 13.3. The molecule has 2 nitrogen and oxygen atoms in total. The van der Waals surface area contributed by atoms with Crippen molar-refractivity contribution in [2.24, 2.45) is 0 Å². The van der Waals surface area contributed by atoms with E-state index in [0.717, 1.165) is 11.6 Å². The molecule has 1 fully saturated rings. The molecule has 3 heteroatoms. The molecule has 1 heterocycles. The van der Waals surface area contributed by atoms with Crippen LogP contribution >= 0.6 is 11.3 Å². The van der Waals surface area contributed by atoms with Crippen LogP contribution in [-0.4, -0.2) is 4.98 Å². The number of rotatable bonds is 4. The quantitative estimate of drug-likeness (QED) is 0.912. The van der Waals surface area contributed by atoms with Crippen molar-refractivity contribution in [1.29, 1.82) is 0 Å². The van der Waals surface area contributed by atoms with Gasteiger partial charge in [0.2, 0.25) is 0 Å². The third-order valence-corrected chi connectivity index (χ3v) is 4.91. The fourth-order valence-corrected chi connectivity index (χ4v) is 3.33. The summed E-state index contributed by atoms with van der Waals surface area (Å²) in [4.78, 5) is 4.54. The molecule has 0 saturated heterocycles. The summed E-state index contributed by atoms with van der Waals surface area (Å²) in [6.45, 7) is 5.08. The van der Waals surface area contributed by atoms with Gasteiger partial charge in [0.05, 0.1) is 10.7 Å². The predicted octanol–water partition coefficient (Wildman–Crippen LogP) is 3.93. The monoisotopic (exact) mass is 272 g/mol. The summed E-state index contributed by atoms with van der Waals surface area (Å²) in [5.41, 5.74) is 4.11. The Hall–Kier alpha value is -1.19. The molecule has 0 bridgehead atoms. The molecule has 1 saturated carbocycles. The highest BCUT2D eigenvalue weighted by Crippen LogP contribution is 2.41. The van der Waals surface area contributed by atoms with E-state index in [1.165, 1.54) is 36.1 Å². The second-order valence-electron chi connectivity index (χ2n) is 5.51. The number of benzene rings is 1. The lowest BCUT2D eigenvalue weighted by atomic mass is 9.71. The van der Waals surface area contributed by atoms with E-state index >= 15 is 0 Å². The molecule has 1 N–H and O–H groups in total. The minimum atomic E-state index is 0.186. The van der Waals surface area contributed by atoms with Crippen LogP contribution in [0.2, 0.25) is 0 Å². The number of nitrogens with zero attached hydrogens (tertiary/aromatic N) is 1. The van der Waals surface area contributed by atoms with E-state index in [1.54, 1.807) is 11.3 Å². The number of aromatic nitrogens is 1. The number of nitrogens with one attached hydrogen (secondary N) is 1. The fourth-order valence-electron chi connectivity index (χ4n) is 2.72. The summed E-state index contributed by atoms with van der Waals surface area (Å²) in [7, 11) is 0. The van der Waals surface area contributed by atoms with Gasteiger partial charge in [0.15, 0.2) is 0 Å². The Labute approximate surface area is 118 Å². The Kier molecular flexibility index (Phi) is 3.42. The Balaban J connectivity index is 1.74. The largest absolute Gasteiger partial charge is 0.302 e. The Morgan fingerprint density at radius 2 is 1.95 bits per heavy atom. The van der Waals surface area contributed by atoms with Gasteiger partial charge in [0.1, 0.15) is 0 Å². The summed E-state index contributed by atoms with van der Waals surface area (Å²) in [5.74, 6) is 0. The van der Waals surface area contributed by atoms with Gasteiger partial charge in [0, 0.05) is 17.5 Å². The van der Waals surface area contributed by atoms with Gasteiger partial charge in [-0.2, -0.15) is 0 Å². The van der Waals surface area contributed by atoms with Crippen LogP contribution in [0.25, 0.3) is 0 Å². The molecule has 0 radical (unpaired) electrons. The summed E-state index contributed by atoms with van der Waals surface area (Å²) >= 11 is 1.73. The summed E-state index contributed by atoms with van der Waals surface area (Å²) in [6, 6.07) is 8.97. The molecule has 2 aromatic rings. The van der Waals surface area contributed by atoms with E-state index in [1.807, 2.05) is 0 Å². The van der Waals surface area contributed by atoms with Crippen LogP contribution in [0, 0.1) is 13.8 Å². The zero-order valence-corrected chi connectivity index (χ0v) is 12.4. The van der Waals surface area contributed by atoms with E-state index in [-0.39, 0.29) is 5.54 Å². The van der Waals surface area contributed by atoms with Gasteiger partial charge in [-0.25, -0.2) is 4.98 Å². The van der Waals surface area contributed by atoms with Crippen LogP contribution in [0.4, 0.5) is 0 Å². The number of hydrogen-bond acceptors (Lipinski definition) is 3. The van der Waals surface area contributed by atoms with Gasteiger partial charge >= 0.3 is 0 Å². The van der Waals surface area contributed by atoms with Crippen molar-refractivity contribution in [3.05, 3.63) is 51.5 Å². The maximum Gasteiger partial charge on any atom is 0.0897 e. The summed E-state index contributed by atoms with van der Waals surface area (Å²) < 4.78 is 0. The normalized spacial score (nSPS) is 17.2. The van der Waals surface area contributed by atoms with Crippen molar-refractivity contribution >= 4 is 11.3 Å². The van der Waals surface area contributed by atoms with Gasteiger partial charge in [-0.15, -0.1) is 11.3 Å². The molecule has 0 amide bonds. The van der Waals surface area contributed by atoms with Gasteiger partial charge < -0.3 is 5.32 Å². The molecule has 0 unspecified atom stereocenters. The SMILES string of the molecule is Cc1ccc(C2(NCc3csc(C)n3)CCC2)cc1. The van der Waals surface area contributed by atoms with Crippen LogP contribution in [0.3, 0.4) is 0 Å². The molecular weight excluding hydrogens is 252 g/mol. The van der Waals surface area contributed by atoms with E-state index in [2.05, 4.69) is 53.8 Å². The van der Waals surface area contributed by atoms with Crippen molar-refractivity contribution in [3.8, 4) is 0 Å². The minimum absolute atomic E-state index is 0.186. The molecule has 1 aliphatic rings. The van der Waals surface area contributed by atoms with Gasteiger partial charge in [-0.3, -0.25) is 0 Å². The van der Waals surface area contributed by atoms with Crippen molar-refractivity contribution in [2.45, 2.75) is 45.2 Å². The average Bonchev–Trinajstić information content (AvgIpc) is 2.76. The second kappa shape index (κ2) is 5.06. The van der Waals surface area contributed by atoms with Crippen molar-refractivity contribution in [2.75, 3.05) is 0 Å². The molecule has 1 aromatic heterocycles. The number of hydrogen-bond donors (Lipinski definition) is 1. The maximum atomic E-state index is 4.54. The molecule has 1 aromatic carbocycles. The smallest absolute Gasteiger partial charge is 0.0897 e. The Bertz CT molecular complexity index is 552. The molecule has 3 rings (SSSR count). The third kappa shape index (κ3) is 2.58. The highest BCUT2D eigenvalue weighted by atomic mass is 32.1. The Morgan fingerprint density at radius 3 is 2.47 bits per heavy atom. The lowest BCUT2D eigenvalue weighted by Gasteiger charge is -2.43. The third-order valence-electron chi connectivity index (χ3n) is 4.09. The average molecular weight is 272 g/mol. The van der Waals surface area contributed by atoms with E-state index in [4.69, 9.17) is 0 Å². The molecule has 0 spiro atoms. The summed E-state index contributed by atoms with van der Waals surface area (Å²) in [6.07, 6.45) is 3.79.